The second-order valence-corrected chi connectivity index (χ2v) is 5.62. The second kappa shape index (κ2) is 6.00. The van der Waals surface area contributed by atoms with Gasteiger partial charge in [0.05, 0.1) is 6.04 Å². The summed E-state index contributed by atoms with van der Waals surface area (Å²) in [6.07, 6.45) is 0.907. The molecule has 1 saturated heterocycles. The highest BCUT2D eigenvalue weighted by Crippen LogP contribution is 2.21. The Balaban J connectivity index is 1.76. The molecular formula is C18H20N2O. The van der Waals surface area contributed by atoms with Gasteiger partial charge in [0.2, 0.25) is 0 Å². The first-order chi connectivity index (χ1) is 10.2. The third-order valence-electron chi connectivity index (χ3n) is 4.01. The maximum Gasteiger partial charge on any atom is 0.320 e. The zero-order valence-corrected chi connectivity index (χ0v) is 12.3. The van der Waals surface area contributed by atoms with Gasteiger partial charge in [-0.3, -0.25) is 0 Å². The number of likely N-dealkylation sites (N-methyl/N-ethyl adjacent to an activating group) is 1. The van der Waals surface area contributed by atoms with Crippen molar-refractivity contribution in [3.05, 3.63) is 71.8 Å². The maximum absolute atomic E-state index is 12.4. The summed E-state index contributed by atoms with van der Waals surface area (Å²) in [4.78, 5) is 16.2. The molecule has 0 spiro atoms. The Labute approximate surface area is 125 Å². The third-order valence-corrected chi connectivity index (χ3v) is 4.01. The van der Waals surface area contributed by atoms with Gasteiger partial charge in [0.15, 0.2) is 0 Å². The highest BCUT2D eigenvalue weighted by molar-refractivity contribution is 5.77. The molecule has 2 aromatic carbocycles. The third kappa shape index (κ3) is 3.07. The highest BCUT2D eigenvalue weighted by Gasteiger charge is 2.34. The van der Waals surface area contributed by atoms with Crippen molar-refractivity contribution in [3.8, 4) is 0 Å². The van der Waals surface area contributed by atoms with Crippen LogP contribution in [0.5, 0.6) is 0 Å². The van der Waals surface area contributed by atoms with Crippen LogP contribution in [0.25, 0.3) is 0 Å². The van der Waals surface area contributed by atoms with Crippen LogP contribution in [0.15, 0.2) is 60.7 Å². The Morgan fingerprint density at radius 3 is 2.14 bits per heavy atom. The number of carbonyl (C=O) groups is 1. The molecule has 1 fully saturated rings. The lowest BCUT2D eigenvalue weighted by Crippen LogP contribution is -2.35. The molecule has 0 aromatic heterocycles. The van der Waals surface area contributed by atoms with Gasteiger partial charge in [0, 0.05) is 20.1 Å². The first kappa shape index (κ1) is 13.7. The van der Waals surface area contributed by atoms with Crippen LogP contribution < -0.4 is 0 Å². The molecule has 3 nitrogen and oxygen atoms in total. The first-order valence-electron chi connectivity index (χ1n) is 7.33. The van der Waals surface area contributed by atoms with E-state index in [0.29, 0.717) is 6.54 Å². The van der Waals surface area contributed by atoms with E-state index in [2.05, 4.69) is 36.4 Å². The summed E-state index contributed by atoms with van der Waals surface area (Å²) in [5, 5.41) is 0. The summed E-state index contributed by atoms with van der Waals surface area (Å²) >= 11 is 0. The first-order valence-corrected chi connectivity index (χ1v) is 7.33. The number of amides is 2. The van der Waals surface area contributed by atoms with Crippen LogP contribution in [0, 0.1) is 0 Å². The summed E-state index contributed by atoms with van der Waals surface area (Å²) in [6.45, 7) is 1.47. The molecular weight excluding hydrogens is 260 g/mol. The largest absolute Gasteiger partial charge is 0.326 e. The van der Waals surface area contributed by atoms with Crippen molar-refractivity contribution in [3.63, 3.8) is 0 Å². The minimum absolute atomic E-state index is 0.125. The number of hydrogen-bond donors (Lipinski definition) is 0. The van der Waals surface area contributed by atoms with Gasteiger partial charge in [-0.25, -0.2) is 4.79 Å². The number of benzene rings is 2. The molecule has 2 amide bonds. The molecule has 1 aliphatic rings. The molecule has 0 bridgehead atoms. The molecule has 0 N–H and O–H groups in total. The number of hydrogen-bond acceptors (Lipinski definition) is 1. The molecule has 21 heavy (non-hydrogen) atoms. The Morgan fingerprint density at radius 2 is 1.52 bits per heavy atom. The Morgan fingerprint density at radius 1 is 0.952 bits per heavy atom. The average molecular weight is 280 g/mol. The number of rotatable bonds is 4. The lowest BCUT2D eigenvalue weighted by molar-refractivity contribution is 0.188. The molecule has 1 atom stereocenters. The van der Waals surface area contributed by atoms with Crippen LogP contribution in [0.2, 0.25) is 0 Å². The van der Waals surface area contributed by atoms with Crippen molar-refractivity contribution in [1.82, 2.24) is 9.80 Å². The molecule has 0 radical (unpaired) electrons. The standard InChI is InChI=1S/C18H20N2O/c1-19-14-17(12-15-8-4-2-5-9-15)20(18(19)21)13-16-10-6-3-7-11-16/h2-11,17H,12-14H2,1H3. The van der Waals surface area contributed by atoms with Gasteiger partial charge in [-0.15, -0.1) is 0 Å². The quantitative estimate of drug-likeness (QED) is 0.844. The smallest absolute Gasteiger partial charge is 0.320 e. The van der Waals surface area contributed by atoms with Gasteiger partial charge < -0.3 is 9.80 Å². The van der Waals surface area contributed by atoms with Gasteiger partial charge in [-0.2, -0.15) is 0 Å². The number of nitrogens with zero attached hydrogens (tertiary/aromatic N) is 2. The van der Waals surface area contributed by atoms with Crippen molar-refractivity contribution in [1.29, 1.82) is 0 Å². The summed E-state index contributed by atoms with van der Waals surface area (Å²) in [5.41, 5.74) is 2.46. The van der Waals surface area contributed by atoms with Crippen molar-refractivity contribution < 1.29 is 4.79 Å². The van der Waals surface area contributed by atoms with Gasteiger partial charge in [0.25, 0.3) is 0 Å². The van der Waals surface area contributed by atoms with Crippen LogP contribution in [-0.2, 0) is 13.0 Å². The topological polar surface area (TPSA) is 23.6 Å². The van der Waals surface area contributed by atoms with Crippen LogP contribution >= 0.6 is 0 Å². The van der Waals surface area contributed by atoms with Crippen molar-refractivity contribution in [2.75, 3.05) is 13.6 Å². The van der Waals surface area contributed by atoms with E-state index in [4.69, 9.17) is 0 Å². The van der Waals surface area contributed by atoms with Crippen LogP contribution in [0.1, 0.15) is 11.1 Å². The fourth-order valence-electron chi connectivity index (χ4n) is 2.91. The monoisotopic (exact) mass is 280 g/mol. The zero-order valence-electron chi connectivity index (χ0n) is 12.3. The maximum atomic E-state index is 12.4. The molecule has 1 aliphatic heterocycles. The molecule has 3 rings (SSSR count). The Hall–Kier alpha value is -2.29. The predicted octanol–water partition coefficient (Wildman–Crippen LogP) is 3.17. The van der Waals surface area contributed by atoms with Crippen LogP contribution in [0.4, 0.5) is 4.79 Å². The number of carbonyl (C=O) groups excluding carboxylic acids is 1. The van der Waals surface area contributed by atoms with Crippen LogP contribution in [0.3, 0.4) is 0 Å². The second-order valence-electron chi connectivity index (χ2n) is 5.62. The summed E-state index contributed by atoms with van der Waals surface area (Å²) in [6, 6.07) is 20.9. The van der Waals surface area contributed by atoms with E-state index in [9.17, 15) is 4.79 Å². The molecule has 0 saturated carbocycles. The molecule has 1 unspecified atom stereocenters. The number of urea groups is 1. The highest BCUT2D eigenvalue weighted by atomic mass is 16.2. The minimum Gasteiger partial charge on any atom is -0.326 e. The van der Waals surface area contributed by atoms with E-state index in [0.717, 1.165) is 13.0 Å². The van der Waals surface area contributed by atoms with Gasteiger partial charge in [0.1, 0.15) is 0 Å². The Bertz CT molecular complexity index is 597. The molecule has 3 heteroatoms. The summed E-state index contributed by atoms with van der Waals surface area (Å²) in [7, 11) is 1.88. The fraction of sp³-hybridized carbons (Fsp3) is 0.278. The molecule has 0 aliphatic carbocycles. The van der Waals surface area contributed by atoms with Gasteiger partial charge in [-0.1, -0.05) is 60.7 Å². The van der Waals surface area contributed by atoms with E-state index in [1.165, 1.54) is 11.1 Å². The Kier molecular flexibility index (Phi) is 3.91. The van der Waals surface area contributed by atoms with Crippen LogP contribution in [-0.4, -0.2) is 35.5 Å². The minimum atomic E-state index is 0.125. The molecule has 108 valence electrons. The van der Waals surface area contributed by atoms with Gasteiger partial charge >= 0.3 is 6.03 Å². The normalized spacial score (nSPS) is 18.3. The van der Waals surface area contributed by atoms with E-state index >= 15 is 0 Å². The lowest BCUT2D eigenvalue weighted by atomic mass is 10.1. The summed E-state index contributed by atoms with van der Waals surface area (Å²) in [5.74, 6) is 0. The lowest BCUT2D eigenvalue weighted by Gasteiger charge is -2.23. The summed E-state index contributed by atoms with van der Waals surface area (Å²) < 4.78 is 0. The van der Waals surface area contributed by atoms with Crippen molar-refractivity contribution in [2.24, 2.45) is 0 Å². The van der Waals surface area contributed by atoms with Crippen molar-refractivity contribution in [2.45, 2.75) is 19.0 Å². The molecule has 2 aromatic rings. The van der Waals surface area contributed by atoms with Gasteiger partial charge in [-0.05, 0) is 17.5 Å². The predicted molar refractivity (Wildman–Crippen MR) is 83.9 cm³/mol. The zero-order chi connectivity index (χ0) is 14.7. The van der Waals surface area contributed by atoms with E-state index < -0.39 is 0 Å². The van der Waals surface area contributed by atoms with E-state index in [1.807, 2.05) is 41.1 Å². The van der Waals surface area contributed by atoms with Crippen molar-refractivity contribution >= 4 is 6.03 Å². The fourth-order valence-corrected chi connectivity index (χ4v) is 2.91. The van der Waals surface area contributed by atoms with E-state index in [-0.39, 0.29) is 12.1 Å². The average Bonchev–Trinajstić information content (AvgIpc) is 2.77. The SMILES string of the molecule is CN1CC(Cc2ccccc2)N(Cc2ccccc2)C1=O. The van der Waals surface area contributed by atoms with E-state index in [1.54, 1.807) is 0 Å². The molecule has 1 heterocycles.